The highest BCUT2D eigenvalue weighted by Gasteiger charge is 2.18. The van der Waals surface area contributed by atoms with Crippen LogP contribution >= 0.6 is 0 Å². The average Bonchev–Trinajstić information content (AvgIpc) is 3.16. The maximum atomic E-state index is 13.1. The number of carbonyl (C=O) groups is 1. The van der Waals surface area contributed by atoms with Crippen molar-refractivity contribution in [3.8, 4) is 11.8 Å². The SMILES string of the molecule is N#CCc1cccc(C(=O)N(Cc2ccc(O)cc2)Cc2ccco2)c1. The van der Waals surface area contributed by atoms with Gasteiger partial charge in [0.05, 0.1) is 25.3 Å². The third-order valence-corrected chi connectivity index (χ3v) is 3.98. The van der Waals surface area contributed by atoms with Crippen molar-refractivity contribution in [2.45, 2.75) is 19.5 Å². The highest BCUT2D eigenvalue weighted by atomic mass is 16.3. The molecule has 2 aromatic carbocycles. The molecular formula is C21H18N2O3. The zero-order valence-electron chi connectivity index (χ0n) is 14.1. The number of furan rings is 1. The van der Waals surface area contributed by atoms with E-state index in [1.165, 1.54) is 0 Å². The van der Waals surface area contributed by atoms with E-state index in [0.29, 0.717) is 24.4 Å². The van der Waals surface area contributed by atoms with Gasteiger partial charge in [-0.2, -0.15) is 5.26 Å². The van der Waals surface area contributed by atoms with Crippen LogP contribution in [0.2, 0.25) is 0 Å². The Morgan fingerprint density at radius 1 is 1.04 bits per heavy atom. The fraction of sp³-hybridized carbons (Fsp3) is 0.143. The molecule has 0 unspecified atom stereocenters. The lowest BCUT2D eigenvalue weighted by atomic mass is 10.1. The quantitative estimate of drug-likeness (QED) is 0.734. The monoisotopic (exact) mass is 346 g/mol. The second kappa shape index (κ2) is 8.04. The Hall–Kier alpha value is -3.52. The number of rotatable bonds is 6. The van der Waals surface area contributed by atoms with Crippen LogP contribution in [0.5, 0.6) is 5.75 Å². The van der Waals surface area contributed by atoms with Crippen LogP contribution in [0.25, 0.3) is 0 Å². The molecule has 0 aliphatic carbocycles. The first-order valence-electron chi connectivity index (χ1n) is 8.21. The Labute approximate surface area is 151 Å². The molecule has 0 saturated heterocycles. The van der Waals surface area contributed by atoms with Crippen LogP contribution in [0.1, 0.15) is 27.2 Å². The van der Waals surface area contributed by atoms with E-state index in [-0.39, 0.29) is 18.1 Å². The van der Waals surface area contributed by atoms with E-state index in [2.05, 4.69) is 6.07 Å². The third-order valence-electron chi connectivity index (χ3n) is 3.98. The summed E-state index contributed by atoms with van der Waals surface area (Å²) in [5, 5.41) is 18.3. The predicted octanol–water partition coefficient (Wildman–Crippen LogP) is 3.89. The van der Waals surface area contributed by atoms with Gasteiger partial charge in [0.15, 0.2) is 0 Å². The lowest BCUT2D eigenvalue weighted by molar-refractivity contribution is 0.0717. The summed E-state index contributed by atoms with van der Waals surface area (Å²) in [6.07, 6.45) is 1.84. The van der Waals surface area contributed by atoms with E-state index >= 15 is 0 Å². The molecule has 0 saturated carbocycles. The molecule has 5 nitrogen and oxygen atoms in total. The van der Waals surface area contributed by atoms with Gasteiger partial charge in [0, 0.05) is 12.1 Å². The molecule has 0 atom stereocenters. The fourth-order valence-electron chi connectivity index (χ4n) is 2.70. The number of amides is 1. The molecule has 3 rings (SSSR count). The zero-order valence-corrected chi connectivity index (χ0v) is 14.1. The van der Waals surface area contributed by atoms with E-state index in [9.17, 15) is 9.90 Å². The molecule has 26 heavy (non-hydrogen) atoms. The second-order valence-corrected chi connectivity index (χ2v) is 5.94. The van der Waals surface area contributed by atoms with E-state index in [1.54, 1.807) is 59.7 Å². The standard InChI is InChI=1S/C21H18N2O3/c22-11-10-16-3-1-4-18(13-16)21(25)23(15-20-5-2-12-26-20)14-17-6-8-19(24)9-7-17/h1-9,12-13,24H,10,14-15H2. The number of nitriles is 1. The van der Waals surface area contributed by atoms with Gasteiger partial charge < -0.3 is 14.4 Å². The van der Waals surface area contributed by atoms with Crippen molar-refractivity contribution in [3.05, 3.63) is 89.4 Å². The minimum absolute atomic E-state index is 0.144. The number of nitrogens with zero attached hydrogens (tertiary/aromatic N) is 2. The lowest BCUT2D eigenvalue weighted by Gasteiger charge is -2.22. The van der Waals surface area contributed by atoms with Gasteiger partial charge in [-0.05, 0) is 47.5 Å². The topological polar surface area (TPSA) is 77.5 Å². The summed E-state index contributed by atoms with van der Waals surface area (Å²) in [6.45, 7) is 0.706. The maximum Gasteiger partial charge on any atom is 0.254 e. The van der Waals surface area contributed by atoms with Crippen LogP contribution in [-0.2, 0) is 19.5 Å². The van der Waals surface area contributed by atoms with Crippen molar-refractivity contribution in [2.75, 3.05) is 0 Å². The largest absolute Gasteiger partial charge is 0.508 e. The van der Waals surface area contributed by atoms with Crippen molar-refractivity contribution in [1.29, 1.82) is 5.26 Å². The van der Waals surface area contributed by atoms with Crippen LogP contribution in [0.3, 0.4) is 0 Å². The van der Waals surface area contributed by atoms with Crippen LogP contribution < -0.4 is 0 Å². The highest BCUT2D eigenvalue weighted by Crippen LogP contribution is 2.17. The minimum atomic E-state index is -0.144. The number of phenols is 1. The van der Waals surface area contributed by atoms with Crippen molar-refractivity contribution < 1.29 is 14.3 Å². The number of carbonyl (C=O) groups excluding carboxylic acids is 1. The molecule has 5 heteroatoms. The van der Waals surface area contributed by atoms with Gasteiger partial charge in [0.1, 0.15) is 11.5 Å². The minimum Gasteiger partial charge on any atom is -0.508 e. The van der Waals surface area contributed by atoms with E-state index < -0.39 is 0 Å². The lowest BCUT2D eigenvalue weighted by Crippen LogP contribution is -2.30. The number of hydrogen-bond acceptors (Lipinski definition) is 4. The summed E-state index contributed by atoms with van der Waals surface area (Å²) in [6, 6.07) is 19.6. The molecular weight excluding hydrogens is 328 g/mol. The Bertz CT molecular complexity index is 909. The van der Waals surface area contributed by atoms with E-state index in [0.717, 1.165) is 11.1 Å². The third kappa shape index (κ3) is 4.31. The molecule has 0 fully saturated rings. The molecule has 0 spiro atoms. The Kier molecular flexibility index (Phi) is 5.35. The van der Waals surface area contributed by atoms with Gasteiger partial charge in [-0.1, -0.05) is 24.3 Å². The van der Waals surface area contributed by atoms with Gasteiger partial charge in [-0.15, -0.1) is 0 Å². The van der Waals surface area contributed by atoms with E-state index in [4.69, 9.17) is 9.68 Å². The van der Waals surface area contributed by atoms with Crippen LogP contribution in [-0.4, -0.2) is 15.9 Å². The van der Waals surface area contributed by atoms with Crippen LogP contribution in [0, 0.1) is 11.3 Å². The molecule has 1 amide bonds. The average molecular weight is 346 g/mol. The Balaban J connectivity index is 1.86. The van der Waals surface area contributed by atoms with Gasteiger partial charge >= 0.3 is 0 Å². The summed E-state index contributed by atoms with van der Waals surface area (Å²) in [5.74, 6) is 0.724. The first kappa shape index (κ1) is 17.3. The number of hydrogen-bond donors (Lipinski definition) is 1. The summed E-state index contributed by atoms with van der Waals surface area (Å²) in [5.41, 5.74) is 2.24. The number of aromatic hydroxyl groups is 1. The van der Waals surface area contributed by atoms with Crippen molar-refractivity contribution >= 4 is 5.91 Å². The van der Waals surface area contributed by atoms with Crippen LogP contribution in [0.4, 0.5) is 0 Å². The van der Waals surface area contributed by atoms with Crippen molar-refractivity contribution in [3.63, 3.8) is 0 Å². The molecule has 0 aliphatic rings. The zero-order chi connectivity index (χ0) is 18.4. The molecule has 130 valence electrons. The van der Waals surface area contributed by atoms with Gasteiger partial charge in [0.2, 0.25) is 0 Å². The van der Waals surface area contributed by atoms with Gasteiger partial charge in [-0.25, -0.2) is 0 Å². The fourth-order valence-corrected chi connectivity index (χ4v) is 2.70. The molecule has 1 heterocycles. The summed E-state index contributed by atoms with van der Waals surface area (Å²) >= 11 is 0. The number of phenolic OH excluding ortho intramolecular Hbond substituents is 1. The summed E-state index contributed by atoms with van der Waals surface area (Å²) in [4.78, 5) is 14.7. The summed E-state index contributed by atoms with van der Waals surface area (Å²) in [7, 11) is 0. The Morgan fingerprint density at radius 3 is 2.54 bits per heavy atom. The maximum absolute atomic E-state index is 13.1. The van der Waals surface area contributed by atoms with Gasteiger partial charge in [0.25, 0.3) is 5.91 Å². The summed E-state index contributed by atoms with van der Waals surface area (Å²) < 4.78 is 5.39. The molecule has 0 aliphatic heterocycles. The Morgan fingerprint density at radius 2 is 1.85 bits per heavy atom. The number of benzene rings is 2. The normalized spacial score (nSPS) is 10.3. The molecule has 0 bridgehead atoms. The molecule has 1 aromatic heterocycles. The van der Waals surface area contributed by atoms with Crippen LogP contribution in [0.15, 0.2) is 71.3 Å². The van der Waals surface area contributed by atoms with Crippen molar-refractivity contribution in [2.24, 2.45) is 0 Å². The smallest absolute Gasteiger partial charge is 0.254 e. The molecule has 1 N–H and O–H groups in total. The molecule has 3 aromatic rings. The first-order chi connectivity index (χ1) is 12.7. The second-order valence-electron chi connectivity index (χ2n) is 5.94. The highest BCUT2D eigenvalue weighted by molar-refractivity contribution is 5.94. The predicted molar refractivity (Wildman–Crippen MR) is 96.2 cm³/mol. The van der Waals surface area contributed by atoms with E-state index in [1.807, 2.05) is 12.1 Å². The first-order valence-corrected chi connectivity index (χ1v) is 8.21. The molecule has 0 radical (unpaired) electrons. The van der Waals surface area contributed by atoms with Crippen molar-refractivity contribution in [1.82, 2.24) is 4.90 Å². The van der Waals surface area contributed by atoms with Gasteiger partial charge in [-0.3, -0.25) is 4.79 Å².